The normalized spacial score (nSPS) is 11.2. The molecule has 0 unspecified atom stereocenters. The van der Waals surface area contributed by atoms with Gasteiger partial charge < -0.3 is 0 Å². The Morgan fingerprint density at radius 1 is 0.451 bits per heavy atom. The lowest BCUT2D eigenvalue weighted by atomic mass is 9.91. The zero-order chi connectivity index (χ0) is 34.6. The van der Waals surface area contributed by atoms with E-state index in [1.165, 1.54) is 10.8 Å². The second kappa shape index (κ2) is 14.0. The van der Waals surface area contributed by atoms with Gasteiger partial charge in [0, 0.05) is 34.1 Å². The van der Waals surface area contributed by atoms with Gasteiger partial charge in [0.15, 0.2) is 17.5 Å². The maximum atomic E-state index is 5.09. The van der Waals surface area contributed by atoms with Crippen molar-refractivity contribution in [3.63, 3.8) is 0 Å². The van der Waals surface area contributed by atoms with Crippen molar-refractivity contribution in [2.75, 3.05) is 0 Å². The molecule has 0 fully saturated rings. The number of hydrogen-bond acceptors (Lipinski definition) is 4. The highest BCUT2D eigenvalue weighted by Gasteiger charge is 2.16. The van der Waals surface area contributed by atoms with E-state index in [9.17, 15) is 0 Å². The third-order valence-electron chi connectivity index (χ3n) is 9.11. The summed E-state index contributed by atoms with van der Waals surface area (Å²) in [5.41, 5.74) is 11.6. The van der Waals surface area contributed by atoms with Crippen LogP contribution in [0.1, 0.15) is 11.3 Å². The summed E-state index contributed by atoms with van der Waals surface area (Å²) in [6.07, 6.45) is 7.72. The first-order valence-electron chi connectivity index (χ1n) is 17.0. The molecule has 0 saturated carbocycles. The summed E-state index contributed by atoms with van der Waals surface area (Å²) in [7, 11) is 0. The standard InChI is InChI=1S/C47H34N4/c1-3-4-14-34-26-27-43(44-20-12-11-19-42(34)44)39-29-38(33-22-24-35(25-23-33)41-21-13-28-48-32(41)2)30-40(31-39)47-50-45(36-15-7-5-8-16-36)49-46(51-47)37-17-9-6-10-18-37/h3-31H,1H2,2H3/b14-4-. The van der Waals surface area contributed by atoms with Crippen LogP contribution in [0.5, 0.6) is 0 Å². The van der Waals surface area contributed by atoms with Gasteiger partial charge in [-0.05, 0) is 75.3 Å². The summed E-state index contributed by atoms with van der Waals surface area (Å²) in [4.78, 5) is 19.6. The molecular formula is C47H34N4. The van der Waals surface area contributed by atoms with Crippen molar-refractivity contribution >= 4 is 16.8 Å². The van der Waals surface area contributed by atoms with E-state index in [2.05, 4.69) is 103 Å². The number of nitrogens with zero attached hydrogens (tertiary/aromatic N) is 4. The van der Waals surface area contributed by atoms with Gasteiger partial charge in [0.05, 0.1) is 0 Å². The molecule has 0 bridgehead atoms. The Morgan fingerprint density at radius 2 is 1.02 bits per heavy atom. The van der Waals surface area contributed by atoms with Crippen molar-refractivity contribution in [2.24, 2.45) is 0 Å². The number of hydrogen-bond donors (Lipinski definition) is 0. The maximum Gasteiger partial charge on any atom is 0.164 e. The van der Waals surface area contributed by atoms with Crippen LogP contribution in [-0.2, 0) is 0 Å². The minimum absolute atomic E-state index is 0.614. The molecule has 0 aliphatic rings. The van der Waals surface area contributed by atoms with E-state index in [4.69, 9.17) is 15.0 Å². The molecule has 0 aliphatic heterocycles. The fraction of sp³-hybridized carbons (Fsp3) is 0.0213. The van der Waals surface area contributed by atoms with E-state index in [0.717, 1.165) is 61.3 Å². The van der Waals surface area contributed by atoms with Gasteiger partial charge in [0.1, 0.15) is 0 Å². The number of aromatic nitrogens is 4. The van der Waals surface area contributed by atoms with Crippen molar-refractivity contribution < 1.29 is 0 Å². The van der Waals surface area contributed by atoms with E-state index in [1.807, 2.05) is 85.9 Å². The predicted octanol–water partition coefficient (Wildman–Crippen LogP) is 11.9. The molecule has 2 heterocycles. The van der Waals surface area contributed by atoms with Crippen molar-refractivity contribution in [3.8, 4) is 67.5 Å². The van der Waals surface area contributed by atoms with Crippen LogP contribution in [0, 0.1) is 6.92 Å². The minimum atomic E-state index is 0.614. The number of allylic oxidation sites excluding steroid dienone is 2. The van der Waals surface area contributed by atoms with Gasteiger partial charge in [-0.3, -0.25) is 4.98 Å². The third-order valence-corrected chi connectivity index (χ3v) is 9.11. The van der Waals surface area contributed by atoms with E-state index in [-0.39, 0.29) is 0 Å². The minimum Gasteiger partial charge on any atom is -0.261 e. The van der Waals surface area contributed by atoms with Crippen LogP contribution in [0.4, 0.5) is 0 Å². The van der Waals surface area contributed by atoms with Crippen LogP contribution < -0.4 is 0 Å². The van der Waals surface area contributed by atoms with Gasteiger partial charge in [-0.25, -0.2) is 15.0 Å². The molecule has 51 heavy (non-hydrogen) atoms. The van der Waals surface area contributed by atoms with E-state index in [1.54, 1.807) is 6.08 Å². The molecule has 4 nitrogen and oxygen atoms in total. The lowest BCUT2D eigenvalue weighted by Gasteiger charge is -2.15. The number of aryl methyl sites for hydroxylation is 1. The van der Waals surface area contributed by atoms with Gasteiger partial charge in [0.25, 0.3) is 0 Å². The number of benzene rings is 6. The first-order chi connectivity index (χ1) is 25.1. The monoisotopic (exact) mass is 654 g/mol. The average molecular weight is 655 g/mol. The highest BCUT2D eigenvalue weighted by molar-refractivity contribution is 6.02. The van der Waals surface area contributed by atoms with Crippen LogP contribution in [0.25, 0.3) is 84.4 Å². The van der Waals surface area contributed by atoms with Crippen LogP contribution >= 0.6 is 0 Å². The van der Waals surface area contributed by atoms with E-state index >= 15 is 0 Å². The topological polar surface area (TPSA) is 51.6 Å². The molecular weight excluding hydrogens is 621 g/mol. The third kappa shape index (κ3) is 6.51. The van der Waals surface area contributed by atoms with Crippen molar-refractivity contribution in [1.82, 2.24) is 19.9 Å². The van der Waals surface area contributed by atoms with Crippen LogP contribution in [0.3, 0.4) is 0 Å². The average Bonchev–Trinajstić information content (AvgIpc) is 3.20. The summed E-state index contributed by atoms with van der Waals surface area (Å²) in [6, 6.07) is 52.6. The summed E-state index contributed by atoms with van der Waals surface area (Å²) in [5.74, 6) is 1.88. The summed E-state index contributed by atoms with van der Waals surface area (Å²) in [6.45, 7) is 5.91. The van der Waals surface area contributed by atoms with Crippen LogP contribution in [0.2, 0.25) is 0 Å². The Kier molecular flexibility index (Phi) is 8.63. The van der Waals surface area contributed by atoms with Crippen LogP contribution in [0.15, 0.2) is 177 Å². The Labute approximate surface area is 298 Å². The molecule has 2 aromatic heterocycles. The predicted molar refractivity (Wildman–Crippen MR) is 212 cm³/mol. The lowest BCUT2D eigenvalue weighted by molar-refractivity contribution is 1.07. The maximum absolute atomic E-state index is 5.09. The number of fused-ring (bicyclic) bond motifs is 1. The number of rotatable bonds is 8. The Bertz CT molecular complexity index is 2480. The molecule has 242 valence electrons. The number of pyridine rings is 1. The summed E-state index contributed by atoms with van der Waals surface area (Å²) >= 11 is 0. The van der Waals surface area contributed by atoms with E-state index in [0.29, 0.717) is 17.5 Å². The highest BCUT2D eigenvalue weighted by atomic mass is 15.0. The van der Waals surface area contributed by atoms with E-state index < -0.39 is 0 Å². The molecule has 0 amide bonds. The summed E-state index contributed by atoms with van der Waals surface area (Å²) in [5, 5.41) is 2.34. The highest BCUT2D eigenvalue weighted by Crippen LogP contribution is 2.38. The molecule has 0 N–H and O–H groups in total. The molecule has 8 rings (SSSR count). The fourth-order valence-corrected chi connectivity index (χ4v) is 6.54. The second-order valence-corrected chi connectivity index (χ2v) is 12.4. The quantitative estimate of drug-likeness (QED) is 0.153. The second-order valence-electron chi connectivity index (χ2n) is 12.4. The molecule has 8 aromatic rings. The SMILES string of the molecule is C=C/C=C\c1ccc(-c2cc(-c3ccc(-c4cccnc4C)cc3)cc(-c3nc(-c4ccccc4)nc(-c4ccccc4)n3)c2)c2ccccc12. The zero-order valence-electron chi connectivity index (χ0n) is 28.2. The first kappa shape index (κ1) is 31.5. The van der Waals surface area contributed by atoms with Crippen molar-refractivity contribution in [2.45, 2.75) is 6.92 Å². The lowest BCUT2D eigenvalue weighted by Crippen LogP contribution is -2.00. The largest absolute Gasteiger partial charge is 0.261 e. The van der Waals surface area contributed by atoms with Crippen molar-refractivity contribution in [1.29, 1.82) is 0 Å². The Hall–Kier alpha value is -6.78. The fourth-order valence-electron chi connectivity index (χ4n) is 6.54. The zero-order valence-corrected chi connectivity index (χ0v) is 28.2. The van der Waals surface area contributed by atoms with Gasteiger partial charge in [-0.2, -0.15) is 0 Å². The summed E-state index contributed by atoms with van der Waals surface area (Å²) < 4.78 is 0. The molecule has 0 aliphatic carbocycles. The Morgan fingerprint density at radius 3 is 1.67 bits per heavy atom. The van der Waals surface area contributed by atoms with Crippen LogP contribution in [-0.4, -0.2) is 19.9 Å². The molecule has 6 aromatic carbocycles. The smallest absolute Gasteiger partial charge is 0.164 e. The van der Waals surface area contributed by atoms with Gasteiger partial charge in [0.2, 0.25) is 0 Å². The Balaban J connectivity index is 1.35. The molecule has 0 saturated heterocycles. The molecule has 0 spiro atoms. The van der Waals surface area contributed by atoms with Gasteiger partial charge in [-0.15, -0.1) is 0 Å². The molecule has 0 radical (unpaired) electrons. The molecule has 4 heteroatoms. The van der Waals surface area contributed by atoms with Crippen molar-refractivity contribution in [3.05, 3.63) is 188 Å². The van der Waals surface area contributed by atoms with Gasteiger partial charge >= 0.3 is 0 Å². The first-order valence-corrected chi connectivity index (χ1v) is 17.0. The van der Waals surface area contributed by atoms with Gasteiger partial charge in [-0.1, -0.05) is 152 Å². The molecule has 0 atom stereocenters.